The third kappa shape index (κ3) is 2.49. The first-order valence-corrected chi connectivity index (χ1v) is 7.26. The molecule has 0 N–H and O–H groups in total. The van der Waals surface area contributed by atoms with Gasteiger partial charge in [-0.15, -0.1) is 0 Å². The van der Waals surface area contributed by atoms with Gasteiger partial charge in [0.1, 0.15) is 5.75 Å². The van der Waals surface area contributed by atoms with Gasteiger partial charge >= 0.3 is 0 Å². The summed E-state index contributed by atoms with van der Waals surface area (Å²) in [6, 6.07) is 2.06. The Hall–Kier alpha value is 1.94. The second-order valence-corrected chi connectivity index (χ2v) is 6.40. The highest BCUT2D eigenvalue weighted by atomic mass is 127. The van der Waals surface area contributed by atoms with Gasteiger partial charge in [-0.05, 0) is 96.4 Å². The molecule has 0 saturated carbocycles. The van der Waals surface area contributed by atoms with Gasteiger partial charge in [-0.2, -0.15) is 0 Å². The van der Waals surface area contributed by atoms with E-state index in [0.717, 1.165) is 5.75 Å². The molecule has 66 valence electrons. The summed E-state index contributed by atoms with van der Waals surface area (Å²) < 4.78 is 10.3. The molecule has 0 unspecified atom stereocenters. The standard InChI is InChI=1S/C7H4I4O/c1-12-4-2-3(8)5(9)7(11)6(4)10/h2H,1H3. The van der Waals surface area contributed by atoms with Crippen LogP contribution in [0.1, 0.15) is 0 Å². The van der Waals surface area contributed by atoms with E-state index >= 15 is 0 Å². The number of benzene rings is 1. The van der Waals surface area contributed by atoms with Crippen molar-refractivity contribution >= 4 is 90.4 Å². The molecule has 0 aliphatic carbocycles. The van der Waals surface area contributed by atoms with Gasteiger partial charge in [-0.25, -0.2) is 0 Å². The summed E-state index contributed by atoms with van der Waals surface area (Å²) in [5.41, 5.74) is 0. The van der Waals surface area contributed by atoms with E-state index in [4.69, 9.17) is 4.74 Å². The molecule has 12 heavy (non-hydrogen) atoms. The van der Waals surface area contributed by atoms with Crippen molar-refractivity contribution in [1.29, 1.82) is 0 Å². The summed E-state index contributed by atoms with van der Waals surface area (Å²) in [5.74, 6) is 0.963. The van der Waals surface area contributed by atoms with Crippen LogP contribution in [0.25, 0.3) is 0 Å². The van der Waals surface area contributed by atoms with Crippen LogP contribution in [0.15, 0.2) is 6.07 Å². The molecule has 0 aromatic heterocycles. The number of ether oxygens (including phenoxy) is 1. The molecular weight excluding hydrogens is 608 g/mol. The smallest absolute Gasteiger partial charge is 0.134 e. The molecule has 1 aromatic carbocycles. The average molecular weight is 612 g/mol. The Morgan fingerprint density at radius 3 is 2.08 bits per heavy atom. The first-order chi connectivity index (χ1) is 5.57. The topological polar surface area (TPSA) is 9.23 Å². The van der Waals surface area contributed by atoms with Crippen LogP contribution in [-0.2, 0) is 0 Å². The van der Waals surface area contributed by atoms with E-state index in [9.17, 15) is 0 Å². The van der Waals surface area contributed by atoms with Crippen molar-refractivity contribution < 1.29 is 4.74 Å². The molecule has 1 aromatic rings. The molecule has 0 fully saturated rings. The number of hydrogen-bond acceptors (Lipinski definition) is 1. The maximum atomic E-state index is 5.24. The normalized spacial score (nSPS) is 10.1. The van der Waals surface area contributed by atoms with E-state index in [0.29, 0.717) is 0 Å². The number of hydrogen-bond donors (Lipinski definition) is 0. The van der Waals surface area contributed by atoms with E-state index in [-0.39, 0.29) is 0 Å². The number of rotatable bonds is 1. The lowest BCUT2D eigenvalue weighted by molar-refractivity contribution is 0.411. The minimum atomic E-state index is 0.963. The zero-order valence-electron chi connectivity index (χ0n) is 6.00. The summed E-state index contributed by atoms with van der Waals surface area (Å²) in [6.07, 6.45) is 0. The minimum absolute atomic E-state index is 0.963. The average Bonchev–Trinajstić information content (AvgIpc) is 2.08. The lowest BCUT2D eigenvalue weighted by Crippen LogP contribution is -1.95. The van der Waals surface area contributed by atoms with Gasteiger partial charge in [-0.3, -0.25) is 0 Å². The van der Waals surface area contributed by atoms with Crippen molar-refractivity contribution in [2.24, 2.45) is 0 Å². The summed E-state index contributed by atoms with van der Waals surface area (Å²) in [7, 11) is 1.70. The SMILES string of the molecule is COc1cc(I)c(I)c(I)c1I. The zero-order valence-corrected chi connectivity index (χ0v) is 14.6. The van der Waals surface area contributed by atoms with Crippen LogP contribution in [0.4, 0.5) is 0 Å². The molecule has 0 aliphatic heterocycles. The highest BCUT2D eigenvalue weighted by Crippen LogP contribution is 2.32. The van der Waals surface area contributed by atoms with Gasteiger partial charge in [0.15, 0.2) is 0 Å². The van der Waals surface area contributed by atoms with Crippen molar-refractivity contribution in [3.8, 4) is 5.75 Å². The highest BCUT2D eigenvalue weighted by Gasteiger charge is 2.11. The Bertz CT molecular complexity index is 311. The molecule has 0 bridgehead atoms. The van der Waals surface area contributed by atoms with Crippen LogP contribution in [0.5, 0.6) is 5.75 Å². The molecule has 0 radical (unpaired) electrons. The highest BCUT2D eigenvalue weighted by molar-refractivity contribution is 14.1. The van der Waals surface area contributed by atoms with Crippen molar-refractivity contribution in [2.75, 3.05) is 7.11 Å². The Labute approximate surface area is 126 Å². The van der Waals surface area contributed by atoms with Gasteiger partial charge in [0.05, 0.1) is 10.7 Å². The summed E-state index contributed by atoms with van der Waals surface area (Å²) >= 11 is 9.32. The number of methoxy groups -OCH3 is 1. The molecule has 0 atom stereocenters. The minimum Gasteiger partial charge on any atom is -0.496 e. The Kier molecular flexibility index (Phi) is 5.15. The van der Waals surface area contributed by atoms with E-state index < -0.39 is 0 Å². The van der Waals surface area contributed by atoms with E-state index in [1.165, 1.54) is 14.3 Å². The van der Waals surface area contributed by atoms with Gasteiger partial charge in [-0.1, -0.05) is 0 Å². The Balaban J connectivity index is 3.39. The summed E-state index contributed by atoms with van der Waals surface area (Å²) in [5, 5.41) is 0. The molecule has 1 rings (SSSR count). The van der Waals surface area contributed by atoms with Gasteiger partial charge in [0, 0.05) is 10.7 Å². The van der Waals surface area contributed by atoms with Crippen molar-refractivity contribution in [3.63, 3.8) is 0 Å². The van der Waals surface area contributed by atoms with Gasteiger partial charge in [0.2, 0.25) is 0 Å². The fourth-order valence-corrected chi connectivity index (χ4v) is 3.91. The Morgan fingerprint density at radius 1 is 1.00 bits per heavy atom. The quantitative estimate of drug-likeness (QED) is 0.264. The molecule has 0 saturated heterocycles. The third-order valence-corrected chi connectivity index (χ3v) is 8.51. The second-order valence-electron chi connectivity index (χ2n) is 2.00. The molecular formula is C7H4I4O. The van der Waals surface area contributed by atoms with Crippen molar-refractivity contribution in [1.82, 2.24) is 0 Å². The Morgan fingerprint density at radius 2 is 1.58 bits per heavy atom. The second kappa shape index (κ2) is 5.14. The molecule has 0 heterocycles. The van der Waals surface area contributed by atoms with E-state index in [2.05, 4.69) is 96.4 Å². The van der Waals surface area contributed by atoms with Crippen LogP contribution in [0.3, 0.4) is 0 Å². The molecule has 0 spiro atoms. The van der Waals surface area contributed by atoms with Crippen LogP contribution in [-0.4, -0.2) is 7.11 Å². The molecule has 1 nitrogen and oxygen atoms in total. The fraction of sp³-hybridized carbons (Fsp3) is 0.143. The van der Waals surface area contributed by atoms with Crippen molar-refractivity contribution in [3.05, 3.63) is 20.3 Å². The predicted octanol–water partition coefficient (Wildman–Crippen LogP) is 4.11. The van der Waals surface area contributed by atoms with Crippen LogP contribution >= 0.6 is 90.4 Å². The van der Waals surface area contributed by atoms with E-state index in [1.54, 1.807) is 7.11 Å². The van der Waals surface area contributed by atoms with Crippen LogP contribution in [0, 0.1) is 14.3 Å². The predicted molar refractivity (Wildman–Crippen MR) is 83.9 cm³/mol. The molecule has 0 aliphatic rings. The number of halogens is 4. The maximum absolute atomic E-state index is 5.24. The first-order valence-electron chi connectivity index (χ1n) is 2.95. The largest absolute Gasteiger partial charge is 0.496 e. The lowest BCUT2D eigenvalue weighted by atomic mass is 10.3. The monoisotopic (exact) mass is 612 g/mol. The van der Waals surface area contributed by atoms with Crippen molar-refractivity contribution in [2.45, 2.75) is 0 Å². The fourth-order valence-electron chi connectivity index (χ4n) is 0.700. The zero-order chi connectivity index (χ0) is 9.30. The molecule has 5 heteroatoms. The maximum Gasteiger partial charge on any atom is 0.134 e. The van der Waals surface area contributed by atoms with Crippen LogP contribution in [0.2, 0.25) is 0 Å². The summed E-state index contributed by atoms with van der Waals surface area (Å²) in [6.45, 7) is 0. The first kappa shape index (κ1) is 12.0. The third-order valence-electron chi connectivity index (χ3n) is 1.29. The van der Waals surface area contributed by atoms with Crippen LogP contribution < -0.4 is 4.74 Å². The van der Waals surface area contributed by atoms with Gasteiger partial charge in [0.25, 0.3) is 0 Å². The summed E-state index contributed by atoms with van der Waals surface area (Å²) in [4.78, 5) is 0. The molecule has 0 amide bonds. The van der Waals surface area contributed by atoms with E-state index in [1.807, 2.05) is 0 Å². The lowest BCUT2D eigenvalue weighted by Gasteiger charge is -2.08. The van der Waals surface area contributed by atoms with Gasteiger partial charge < -0.3 is 4.74 Å².